The Hall–Kier alpha value is -3.31. The summed E-state index contributed by atoms with van der Waals surface area (Å²) in [6.07, 6.45) is 1.54. The van der Waals surface area contributed by atoms with E-state index in [1.165, 1.54) is 0 Å². The Balaban J connectivity index is 1.70. The van der Waals surface area contributed by atoms with Crippen LogP contribution in [-0.4, -0.2) is 56.2 Å². The van der Waals surface area contributed by atoms with Gasteiger partial charge in [0.2, 0.25) is 5.95 Å². The maximum Gasteiger partial charge on any atom is 0.273 e. The van der Waals surface area contributed by atoms with Gasteiger partial charge in [-0.3, -0.25) is 9.48 Å². The molecular weight excluding hydrogens is 410 g/mol. The van der Waals surface area contributed by atoms with Gasteiger partial charge < -0.3 is 26.8 Å². The second-order valence-corrected chi connectivity index (χ2v) is 7.89. The molecule has 1 fully saturated rings. The first-order valence-electron chi connectivity index (χ1n) is 10.8. The molecule has 1 aliphatic heterocycles. The Morgan fingerprint density at radius 2 is 2.12 bits per heavy atom. The molecule has 6 N–H and O–H groups in total. The van der Waals surface area contributed by atoms with Gasteiger partial charge in [0, 0.05) is 42.0 Å². The highest BCUT2D eigenvalue weighted by atomic mass is 16.5. The number of rotatable bonds is 7. The lowest BCUT2D eigenvalue weighted by molar-refractivity contribution is 0.0751. The summed E-state index contributed by atoms with van der Waals surface area (Å²) in [6, 6.07) is 3.76. The summed E-state index contributed by atoms with van der Waals surface area (Å²) in [5.74, 6) is -0.210. The molecule has 11 heteroatoms. The molecule has 0 bridgehead atoms. The van der Waals surface area contributed by atoms with Gasteiger partial charge in [-0.15, -0.1) is 10.2 Å². The lowest BCUT2D eigenvalue weighted by Gasteiger charge is -2.29. The summed E-state index contributed by atoms with van der Waals surface area (Å²) in [6.45, 7) is 8.04. The van der Waals surface area contributed by atoms with E-state index in [1.54, 1.807) is 0 Å². The lowest BCUT2D eigenvalue weighted by Crippen LogP contribution is -2.48. The van der Waals surface area contributed by atoms with Crippen LogP contribution in [0, 0.1) is 6.92 Å². The molecule has 0 spiro atoms. The van der Waals surface area contributed by atoms with E-state index in [-0.39, 0.29) is 29.5 Å². The molecule has 1 aromatic carbocycles. The van der Waals surface area contributed by atoms with Crippen molar-refractivity contribution in [3.05, 3.63) is 29.1 Å². The van der Waals surface area contributed by atoms with E-state index in [0.717, 1.165) is 47.2 Å². The van der Waals surface area contributed by atoms with Crippen molar-refractivity contribution in [3.8, 4) is 0 Å². The molecule has 3 heterocycles. The third kappa shape index (κ3) is 4.21. The van der Waals surface area contributed by atoms with Gasteiger partial charge in [0.25, 0.3) is 5.91 Å². The average molecular weight is 440 g/mol. The van der Waals surface area contributed by atoms with Gasteiger partial charge in [0.1, 0.15) is 0 Å². The summed E-state index contributed by atoms with van der Waals surface area (Å²) in [5.41, 5.74) is 15.5. The molecular formula is C21H29N9O2. The molecule has 2 aromatic heterocycles. The molecule has 0 saturated carbocycles. The number of benzene rings is 1. The Morgan fingerprint density at radius 1 is 1.31 bits per heavy atom. The topological polar surface area (TPSA) is 159 Å². The van der Waals surface area contributed by atoms with Gasteiger partial charge in [-0.2, -0.15) is 10.1 Å². The van der Waals surface area contributed by atoms with Gasteiger partial charge in [-0.05, 0) is 44.4 Å². The van der Waals surface area contributed by atoms with E-state index < -0.39 is 5.91 Å². The lowest BCUT2D eigenvalue weighted by atomic mass is 10.1. The first-order chi connectivity index (χ1) is 15.4. The number of hydrogen-bond donors (Lipinski definition) is 4. The summed E-state index contributed by atoms with van der Waals surface area (Å²) < 4.78 is 7.36. The number of carbonyl (C=O) groups is 1. The van der Waals surface area contributed by atoms with E-state index in [9.17, 15) is 4.79 Å². The van der Waals surface area contributed by atoms with Crippen LogP contribution in [0.1, 0.15) is 42.0 Å². The third-order valence-electron chi connectivity index (χ3n) is 5.76. The van der Waals surface area contributed by atoms with Crippen molar-refractivity contribution in [3.63, 3.8) is 0 Å². The number of carbonyl (C=O) groups excluding carboxylic acids is 1. The van der Waals surface area contributed by atoms with Crippen molar-refractivity contribution in [2.24, 2.45) is 11.5 Å². The number of nitrogens with one attached hydrogen (secondary N) is 2. The molecule has 1 aliphatic rings. The molecule has 4 rings (SSSR count). The zero-order chi connectivity index (χ0) is 22.8. The van der Waals surface area contributed by atoms with Crippen LogP contribution in [0.2, 0.25) is 0 Å². The molecule has 32 heavy (non-hydrogen) atoms. The number of aromatic nitrogens is 5. The van der Waals surface area contributed by atoms with Gasteiger partial charge in [-0.1, -0.05) is 6.92 Å². The Bertz CT molecular complexity index is 1140. The van der Waals surface area contributed by atoms with E-state index in [2.05, 4.69) is 39.7 Å². The smallest absolute Gasteiger partial charge is 0.273 e. The molecule has 0 aliphatic carbocycles. The van der Waals surface area contributed by atoms with E-state index >= 15 is 0 Å². The van der Waals surface area contributed by atoms with E-state index in [1.807, 2.05) is 23.7 Å². The predicted octanol–water partition coefficient (Wildman–Crippen LogP) is 1.48. The van der Waals surface area contributed by atoms with Crippen LogP contribution in [0.5, 0.6) is 0 Å². The van der Waals surface area contributed by atoms with Crippen molar-refractivity contribution in [2.45, 2.75) is 52.2 Å². The molecule has 3 aromatic rings. The van der Waals surface area contributed by atoms with Crippen molar-refractivity contribution >= 4 is 34.3 Å². The fraction of sp³-hybridized carbons (Fsp3) is 0.476. The largest absolute Gasteiger partial charge is 0.380 e. The van der Waals surface area contributed by atoms with Crippen molar-refractivity contribution in [2.75, 3.05) is 23.8 Å². The van der Waals surface area contributed by atoms with Crippen molar-refractivity contribution in [1.29, 1.82) is 0 Å². The third-order valence-corrected chi connectivity index (χ3v) is 5.76. The molecule has 1 amide bonds. The Labute approximate surface area is 185 Å². The standard InChI is InChI=1S/C21H29N9O2/c1-4-12-8-13(9-14-11(3)30(5-2)29-17(12)14)24-20-18(19(23)31)27-28-21(26-20)25-16-6-7-32-10-15(16)22/h8-9,15-16H,4-7,10,22H2,1-3H3,(H2,23,31)(H2,24,25,26,28)/t15-,16+/m0/s1. The summed E-state index contributed by atoms with van der Waals surface area (Å²) >= 11 is 0. The summed E-state index contributed by atoms with van der Waals surface area (Å²) in [7, 11) is 0. The fourth-order valence-electron chi connectivity index (χ4n) is 3.95. The Morgan fingerprint density at radius 3 is 2.81 bits per heavy atom. The number of ether oxygens (including phenoxy) is 1. The zero-order valence-electron chi connectivity index (χ0n) is 18.6. The number of primary amides is 1. The monoisotopic (exact) mass is 439 g/mol. The minimum atomic E-state index is -0.714. The summed E-state index contributed by atoms with van der Waals surface area (Å²) in [5, 5.41) is 20.2. The van der Waals surface area contributed by atoms with E-state index in [4.69, 9.17) is 21.3 Å². The second-order valence-electron chi connectivity index (χ2n) is 7.89. The molecule has 0 radical (unpaired) electrons. The van der Waals surface area contributed by atoms with Crippen LogP contribution in [0.4, 0.5) is 17.5 Å². The highest BCUT2D eigenvalue weighted by molar-refractivity contribution is 5.97. The molecule has 170 valence electrons. The van der Waals surface area contributed by atoms with Gasteiger partial charge in [0.15, 0.2) is 11.5 Å². The van der Waals surface area contributed by atoms with Crippen LogP contribution in [-0.2, 0) is 17.7 Å². The zero-order valence-corrected chi connectivity index (χ0v) is 18.6. The van der Waals surface area contributed by atoms with Gasteiger partial charge in [-0.25, -0.2) is 0 Å². The van der Waals surface area contributed by atoms with Gasteiger partial charge in [0.05, 0.1) is 12.1 Å². The van der Waals surface area contributed by atoms with Crippen molar-refractivity contribution < 1.29 is 9.53 Å². The normalized spacial score (nSPS) is 18.6. The minimum absolute atomic E-state index is 0.0362. The van der Waals surface area contributed by atoms with Crippen LogP contribution in [0.3, 0.4) is 0 Å². The average Bonchev–Trinajstić information content (AvgIpc) is 3.10. The predicted molar refractivity (Wildman–Crippen MR) is 122 cm³/mol. The highest BCUT2D eigenvalue weighted by Gasteiger charge is 2.24. The Kier molecular flexibility index (Phi) is 6.19. The first-order valence-corrected chi connectivity index (χ1v) is 10.8. The number of fused-ring (bicyclic) bond motifs is 1. The van der Waals surface area contributed by atoms with Crippen LogP contribution in [0.25, 0.3) is 10.9 Å². The quantitative estimate of drug-likeness (QED) is 0.427. The molecule has 1 saturated heterocycles. The molecule has 2 atom stereocenters. The van der Waals surface area contributed by atoms with Crippen LogP contribution < -0.4 is 22.1 Å². The number of amides is 1. The number of aryl methyl sites for hydroxylation is 3. The molecule has 0 unspecified atom stereocenters. The molecule has 11 nitrogen and oxygen atoms in total. The van der Waals surface area contributed by atoms with Crippen molar-refractivity contribution in [1.82, 2.24) is 25.0 Å². The fourth-order valence-corrected chi connectivity index (χ4v) is 3.95. The second kappa shape index (κ2) is 9.05. The van der Waals surface area contributed by atoms with Gasteiger partial charge >= 0.3 is 0 Å². The number of anilines is 3. The van der Waals surface area contributed by atoms with Crippen LogP contribution in [0.15, 0.2) is 12.1 Å². The van der Waals surface area contributed by atoms with Crippen LogP contribution >= 0.6 is 0 Å². The highest BCUT2D eigenvalue weighted by Crippen LogP contribution is 2.29. The maximum absolute atomic E-state index is 12.0. The maximum atomic E-state index is 12.0. The first kappa shape index (κ1) is 21.9. The van der Waals surface area contributed by atoms with E-state index in [0.29, 0.717) is 13.2 Å². The SMILES string of the molecule is CCc1cc(Nc2nc(N[C@@H]3CCOC[C@@H]3N)nnc2C(N)=O)cc2c(C)n(CC)nc12. The summed E-state index contributed by atoms with van der Waals surface area (Å²) in [4.78, 5) is 16.4. The number of hydrogen-bond acceptors (Lipinski definition) is 9. The number of nitrogens with zero attached hydrogens (tertiary/aromatic N) is 5. The number of nitrogens with two attached hydrogens (primary N) is 2. The minimum Gasteiger partial charge on any atom is -0.380 e.